The Morgan fingerprint density at radius 2 is 1.86 bits per heavy atom. The lowest BCUT2D eigenvalue weighted by Gasteiger charge is -2.06. The van der Waals surface area contributed by atoms with Crippen LogP contribution in [0.1, 0.15) is 16.4 Å². The van der Waals surface area contributed by atoms with Gasteiger partial charge in [-0.2, -0.15) is 0 Å². The molecular formula is C21H19N5OS2. The number of amides is 1. The molecular weight excluding hydrogens is 402 g/mol. The molecule has 8 heteroatoms. The maximum absolute atomic E-state index is 12.5. The minimum atomic E-state index is -0.109. The van der Waals surface area contributed by atoms with Gasteiger partial charge in [-0.25, -0.2) is 15.0 Å². The van der Waals surface area contributed by atoms with Crippen molar-refractivity contribution in [3.8, 4) is 11.3 Å². The molecule has 0 radical (unpaired) electrons. The number of aryl methyl sites for hydroxylation is 2. The van der Waals surface area contributed by atoms with Gasteiger partial charge in [-0.1, -0.05) is 18.2 Å². The summed E-state index contributed by atoms with van der Waals surface area (Å²) in [5.41, 5.74) is 4.30. The van der Waals surface area contributed by atoms with Crippen LogP contribution in [0.3, 0.4) is 0 Å². The van der Waals surface area contributed by atoms with Gasteiger partial charge in [0.25, 0.3) is 0 Å². The summed E-state index contributed by atoms with van der Waals surface area (Å²) in [7, 11) is 0. The van der Waals surface area contributed by atoms with Gasteiger partial charge in [-0.15, -0.1) is 22.7 Å². The molecule has 0 atom stereocenters. The summed E-state index contributed by atoms with van der Waals surface area (Å²) in [5, 5.41) is 11.7. The third kappa shape index (κ3) is 5.04. The summed E-state index contributed by atoms with van der Waals surface area (Å²) in [6.45, 7) is 3.92. The normalized spacial score (nSPS) is 10.7. The molecule has 3 aromatic heterocycles. The SMILES string of the molecule is Cc1cccc(Nc2nc(CC(=O)Nc3cccc(-c4csc(C)n4)c3)cs2)n1. The molecule has 0 bridgehead atoms. The van der Waals surface area contributed by atoms with Crippen molar-refractivity contribution < 1.29 is 4.79 Å². The molecule has 146 valence electrons. The first kappa shape index (κ1) is 19.2. The fourth-order valence-corrected chi connectivity index (χ4v) is 4.13. The minimum absolute atomic E-state index is 0.109. The molecule has 1 amide bonds. The predicted octanol–water partition coefficient (Wildman–Crippen LogP) is 5.20. The zero-order chi connectivity index (χ0) is 20.2. The van der Waals surface area contributed by atoms with Crippen LogP contribution in [-0.4, -0.2) is 20.9 Å². The number of anilines is 3. The zero-order valence-electron chi connectivity index (χ0n) is 16.0. The van der Waals surface area contributed by atoms with Crippen LogP contribution in [-0.2, 0) is 11.2 Å². The number of benzene rings is 1. The average Bonchev–Trinajstić information content (AvgIpc) is 3.31. The van der Waals surface area contributed by atoms with E-state index in [1.165, 1.54) is 11.3 Å². The Morgan fingerprint density at radius 3 is 2.66 bits per heavy atom. The van der Waals surface area contributed by atoms with Gasteiger partial charge < -0.3 is 10.6 Å². The van der Waals surface area contributed by atoms with Crippen molar-refractivity contribution in [1.82, 2.24) is 15.0 Å². The highest BCUT2D eigenvalue weighted by molar-refractivity contribution is 7.13. The number of carbonyl (C=O) groups is 1. The number of carbonyl (C=O) groups excluding carboxylic acids is 1. The summed E-state index contributed by atoms with van der Waals surface area (Å²) in [5.74, 6) is 0.631. The van der Waals surface area contributed by atoms with Gasteiger partial charge in [0.15, 0.2) is 5.13 Å². The molecule has 0 saturated heterocycles. The van der Waals surface area contributed by atoms with Crippen molar-refractivity contribution in [3.05, 3.63) is 69.6 Å². The molecule has 0 spiro atoms. The number of hydrogen-bond donors (Lipinski definition) is 2. The van der Waals surface area contributed by atoms with Crippen LogP contribution in [0.5, 0.6) is 0 Å². The quantitative estimate of drug-likeness (QED) is 0.447. The molecule has 0 fully saturated rings. The van der Waals surface area contributed by atoms with Gasteiger partial charge in [0.05, 0.1) is 22.8 Å². The maximum Gasteiger partial charge on any atom is 0.230 e. The number of thiazole rings is 2. The number of aromatic nitrogens is 3. The van der Waals surface area contributed by atoms with Crippen LogP contribution in [0.2, 0.25) is 0 Å². The predicted molar refractivity (Wildman–Crippen MR) is 119 cm³/mol. The third-order valence-electron chi connectivity index (χ3n) is 4.08. The molecule has 2 N–H and O–H groups in total. The molecule has 0 saturated carbocycles. The first-order valence-corrected chi connectivity index (χ1v) is 10.8. The summed E-state index contributed by atoms with van der Waals surface area (Å²) in [6, 6.07) is 13.5. The van der Waals surface area contributed by atoms with Gasteiger partial charge in [-0.3, -0.25) is 4.79 Å². The number of rotatable bonds is 6. The number of hydrogen-bond acceptors (Lipinski definition) is 7. The lowest BCUT2D eigenvalue weighted by Crippen LogP contribution is -2.14. The van der Waals surface area contributed by atoms with Crippen molar-refractivity contribution in [2.45, 2.75) is 20.3 Å². The zero-order valence-corrected chi connectivity index (χ0v) is 17.6. The molecule has 0 unspecified atom stereocenters. The maximum atomic E-state index is 12.5. The van der Waals surface area contributed by atoms with Crippen molar-refractivity contribution in [1.29, 1.82) is 0 Å². The van der Waals surface area contributed by atoms with E-state index < -0.39 is 0 Å². The van der Waals surface area contributed by atoms with E-state index in [2.05, 4.69) is 25.6 Å². The molecule has 29 heavy (non-hydrogen) atoms. The van der Waals surface area contributed by atoms with Gasteiger partial charge in [0.1, 0.15) is 5.82 Å². The summed E-state index contributed by atoms with van der Waals surface area (Å²) in [6.07, 6.45) is 0.208. The smallest absolute Gasteiger partial charge is 0.230 e. The molecule has 0 aliphatic heterocycles. The second-order valence-electron chi connectivity index (χ2n) is 6.49. The van der Waals surface area contributed by atoms with Crippen LogP contribution in [0, 0.1) is 13.8 Å². The minimum Gasteiger partial charge on any atom is -0.326 e. The van der Waals surface area contributed by atoms with Crippen molar-refractivity contribution in [2.75, 3.05) is 10.6 Å². The van der Waals surface area contributed by atoms with Crippen LogP contribution in [0.25, 0.3) is 11.3 Å². The van der Waals surface area contributed by atoms with Gasteiger partial charge >= 0.3 is 0 Å². The Morgan fingerprint density at radius 1 is 1.00 bits per heavy atom. The molecule has 0 aliphatic carbocycles. The summed E-state index contributed by atoms with van der Waals surface area (Å²) < 4.78 is 0. The monoisotopic (exact) mass is 421 g/mol. The molecule has 6 nitrogen and oxygen atoms in total. The lowest BCUT2D eigenvalue weighted by molar-refractivity contribution is -0.115. The largest absolute Gasteiger partial charge is 0.326 e. The van der Waals surface area contributed by atoms with Crippen LogP contribution in [0.15, 0.2) is 53.2 Å². The highest BCUT2D eigenvalue weighted by atomic mass is 32.1. The molecule has 0 aliphatic rings. The van der Waals surface area contributed by atoms with E-state index in [1.807, 2.05) is 67.1 Å². The molecule has 4 aromatic rings. The molecule has 1 aromatic carbocycles. The van der Waals surface area contributed by atoms with Crippen molar-refractivity contribution >= 4 is 45.2 Å². The first-order chi connectivity index (χ1) is 14.0. The molecule has 3 heterocycles. The van der Waals surface area contributed by atoms with Crippen LogP contribution >= 0.6 is 22.7 Å². The first-order valence-electron chi connectivity index (χ1n) is 9.03. The van der Waals surface area contributed by atoms with Crippen LogP contribution in [0.4, 0.5) is 16.6 Å². The Hall–Kier alpha value is -3.10. The van der Waals surface area contributed by atoms with E-state index in [4.69, 9.17) is 0 Å². The fourth-order valence-electron chi connectivity index (χ4n) is 2.79. The second-order valence-corrected chi connectivity index (χ2v) is 8.41. The van der Waals surface area contributed by atoms with E-state index in [0.717, 1.165) is 33.5 Å². The van der Waals surface area contributed by atoms with E-state index in [1.54, 1.807) is 11.3 Å². The second kappa shape index (κ2) is 8.50. The summed E-state index contributed by atoms with van der Waals surface area (Å²) >= 11 is 3.06. The number of nitrogens with zero attached hydrogens (tertiary/aromatic N) is 3. The van der Waals surface area contributed by atoms with E-state index in [-0.39, 0.29) is 12.3 Å². The van der Waals surface area contributed by atoms with Crippen molar-refractivity contribution in [3.63, 3.8) is 0 Å². The van der Waals surface area contributed by atoms with E-state index in [0.29, 0.717) is 10.8 Å². The topological polar surface area (TPSA) is 79.8 Å². The Balaban J connectivity index is 1.38. The van der Waals surface area contributed by atoms with Gasteiger partial charge in [0, 0.05) is 27.7 Å². The Labute approximate surface area is 176 Å². The number of pyridine rings is 1. The third-order valence-corrected chi connectivity index (χ3v) is 5.66. The van der Waals surface area contributed by atoms with Gasteiger partial charge in [-0.05, 0) is 38.1 Å². The fraction of sp³-hybridized carbons (Fsp3) is 0.143. The molecule has 4 rings (SSSR count). The average molecular weight is 422 g/mol. The highest BCUT2D eigenvalue weighted by Gasteiger charge is 2.10. The van der Waals surface area contributed by atoms with E-state index >= 15 is 0 Å². The lowest BCUT2D eigenvalue weighted by atomic mass is 10.1. The Bertz CT molecular complexity index is 1150. The summed E-state index contributed by atoms with van der Waals surface area (Å²) in [4.78, 5) is 25.8. The van der Waals surface area contributed by atoms with Crippen LogP contribution < -0.4 is 10.6 Å². The highest BCUT2D eigenvalue weighted by Crippen LogP contribution is 2.24. The van der Waals surface area contributed by atoms with Crippen molar-refractivity contribution in [2.24, 2.45) is 0 Å². The standard InChI is InChI=1S/C21H19N5OS2/c1-13-5-3-8-19(22-13)26-21-25-17(11-29-21)10-20(27)24-16-7-4-6-15(9-16)18-12-28-14(2)23-18/h3-9,11-12H,10H2,1-2H3,(H,24,27)(H,22,25,26). The Kier molecular flexibility index (Phi) is 5.64. The number of nitrogens with one attached hydrogen (secondary N) is 2. The van der Waals surface area contributed by atoms with E-state index in [9.17, 15) is 4.79 Å². The van der Waals surface area contributed by atoms with Gasteiger partial charge in [0.2, 0.25) is 5.91 Å².